The van der Waals surface area contributed by atoms with Crippen LogP contribution in [0.5, 0.6) is 0 Å². The predicted octanol–water partition coefficient (Wildman–Crippen LogP) is 2.74. The van der Waals surface area contributed by atoms with Crippen LogP contribution >= 0.6 is 15.9 Å². The van der Waals surface area contributed by atoms with Crippen molar-refractivity contribution in [3.63, 3.8) is 0 Å². The molecule has 94 valence electrons. The maximum absolute atomic E-state index is 4.47. The molecular weight excluding hydrogens is 294 g/mol. The molecule has 2 aromatic rings. The first-order valence-electron chi connectivity index (χ1n) is 5.70. The van der Waals surface area contributed by atoms with Gasteiger partial charge in [0.2, 0.25) is 0 Å². The van der Waals surface area contributed by atoms with Crippen LogP contribution in [0, 0.1) is 13.8 Å². The first kappa shape index (κ1) is 12.9. The molecule has 6 heteroatoms. The third-order valence-corrected chi connectivity index (χ3v) is 3.32. The van der Waals surface area contributed by atoms with Gasteiger partial charge in [0.1, 0.15) is 17.3 Å². The van der Waals surface area contributed by atoms with Crippen LogP contribution in [-0.2, 0) is 0 Å². The first-order chi connectivity index (χ1) is 8.61. The van der Waals surface area contributed by atoms with Crippen LogP contribution in [0.15, 0.2) is 16.7 Å². The van der Waals surface area contributed by atoms with Crippen molar-refractivity contribution in [3.05, 3.63) is 28.3 Å². The third kappa shape index (κ3) is 2.64. The van der Waals surface area contributed by atoms with Gasteiger partial charge < -0.3 is 5.32 Å². The summed E-state index contributed by atoms with van der Waals surface area (Å²) in [7, 11) is 0. The molecule has 2 rings (SSSR count). The van der Waals surface area contributed by atoms with Crippen LogP contribution in [0.1, 0.15) is 18.4 Å². The van der Waals surface area contributed by atoms with Gasteiger partial charge in [0.25, 0.3) is 0 Å². The SMILES string of the molecule is CCNc1nc(-c2ccnc(C)n2)nc(C)c1Br. The molecule has 0 aliphatic carbocycles. The van der Waals surface area contributed by atoms with Crippen molar-refractivity contribution in [2.24, 2.45) is 0 Å². The highest BCUT2D eigenvalue weighted by Gasteiger charge is 2.11. The largest absolute Gasteiger partial charge is 0.369 e. The van der Waals surface area contributed by atoms with E-state index >= 15 is 0 Å². The second-order valence-corrected chi connectivity index (χ2v) is 4.61. The monoisotopic (exact) mass is 307 g/mol. The van der Waals surface area contributed by atoms with E-state index in [1.54, 1.807) is 6.20 Å². The lowest BCUT2D eigenvalue weighted by molar-refractivity contribution is 1.01. The zero-order valence-corrected chi connectivity index (χ0v) is 12.1. The summed E-state index contributed by atoms with van der Waals surface area (Å²) in [5.74, 6) is 2.11. The molecule has 0 unspecified atom stereocenters. The van der Waals surface area contributed by atoms with Crippen molar-refractivity contribution in [2.45, 2.75) is 20.8 Å². The minimum atomic E-state index is 0.608. The topological polar surface area (TPSA) is 63.6 Å². The van der Waals surface area contributed by atoms with Gasteiger partial charge in [-0.25, -0.2) is 19.9 Å². The Morgan fingerprint density at radius 3 is 2.67 bits per heavy atom. The number of rotatable bonds is 3. The van der Waals surface area contributed by atoms with Crippen LogP contribution in [0.25, 0.3) is 11.5 Å². The molecule has 0 spiro atoms. The molecule has 2 aromatic heterocycles. The van der Waals surface area contributed by atoms with Crippen LogP contribution < -0.4 is 5.32 Å². The van der Waals surface area contributed by atoms with E-state index in [2.05, 4.69) is 41.2 Å². The smallest absolute Gasteiger partial charge is 0.180 e. The zero-order chi connectivity index (χ0) is 13.1. The Hall–Kier alpha value is -1.56. The summed E-state index contributed by atoms with van der Waals surface area (Å²) in [5, 5.41) is 3.20. The van der Waals surface area contributed by atoms with Crippen molar-refractivity contribution >= 4 is 21.7 Å². The number of halogens is 1. The molecule has 0 atom stereocenters. The Morgan fingerprint density at radius 2 is 2.00 bits per heavy atom. The van der Waals surface area contributed by atoms with Crippen molar-refractivity contribution < 1.29 is 0 Å². The summed E-state index contributed by atoms with van der Waals surface area (Å²) < 4.78 is 0.888. The molecule has 1 N–H and O–H groups in total. The number of aryl methyl sites for hydroxylation is 2. The van der Waals surface area contributed by atoms with Crippen LogP contribution in [0.4, 0.5) is 5.82 Å². The fourth-order valence-electron chi connectivity index (χ4n) is 1.54. The standard InChI is InChI=1S/C12H14BrN5/c1-4-14-12-10(13)7(2)16-11(18-12)9-5-6-15-8(3)17-9/h5-6H,4H2,1-3H3,(H,14,16,18). The molecule has 0 fully saturated rings. The number of nitrogens with one attached hydrogen (secondary N) is 1. The van der Waals surface area contributed by atoms with Crippen molar-refractivity contribution in [3.8, 4) is 11.5 Å². The minimum absolute atomic E-state index is 0.608. The van der Waals surface area contributed by atoms with Gasteiger partial charge in [0.15, 0.2) is 5.82 Å². The molecule has 18 heavy (non-hydrogen) atoms. The minimum Gasteiger partial charge on any atom is -0.369 e. The molecule has 2 heterocycles. The van der Waals surface area contributed by atoms with E-state index in [0.717, 1.165) is 28.2 Å². The van der Waals surface area contributed by atoms with Gasteiger partial charge in [-0.2, -0.15) is 0 Å². The fraction of sp³-hybridized carbons (Fsp3) is 0.333. The molecule has 0 aliphatic rings. The highest BCUT2D eigenvalue weighted by molar-refractivity contribution is 9.10. The number of hydrogen-bond donors (Lipinski definition) is 1. The molecule has 0 amide bonds. The quantitative estimate of drug-likeness (QED) is 0.944. The fourth-order valence-corrected chi connectivity index (χ4v) is 1.86. The van der Waals surface area contributed by atoms with Crippen molar-refractivity contribution in [2.75, 3.05) is 11.9 Å². The molecule has 0 radical (unpaired) electrons. The molecule has 0 bridgehead atoms. The van der Waals surface area contributed by atoms with Crippen LogP contribution in [-0.4, -0.2) is 26.5 Å². The van der Waals surface area contributed by atoms with E-state index in [-0.39, 0.29) is 0 Å². The average molecular weight is 308 g/mol. The number of anilines is 1. The maximum atomic E-state index is 4.47. The number of aromatic nitrogens is 4. The summed E-state index contributed by atoms with van der Waals surface area (Å²) >= 11 is 3.48. The lowest BCUT2D eigenvalue weighted by Gasteiger charge is -2.09. The summed E-state index contributed by atoms with van der Waals surface area (Å²) in [6.07, 6.45) is 1.71. The third-order valence-electron chi connectivity index (χ3n) is 2.37. The molecule has 5 nitrogen and oxygen atoms in total. The zero-order valence-electron chi connectivity index (χ0n) is 10.5. The first-order valence-corrected chi connectivity index (χ1v) is 6.49. The predicted molar refractivity (Wildman–Crippen MR) is 74.4 cm³/mol. The summed E-state index contributed by atoms with van der Waals surface area (Å²) in [4.78, 5) is 17.3. The second kappa shape index (κ2) is 5.39. The van der Waals surface area contributed by atoms with Gasteiger partial charge in [-0.3, -0.25) is 0 Å². The van der Waals surface area contributed by atoms with Gasteiger partial charge in [-0.15, -0.1) is 0 Å². The number of nitrogens with zero attached hydrogens (tertiary/aromatic N) is 4. The van der Waals surface area contributed by atoms with E-state index in [0.29, 0.717) is 11.6 Å². The van der Waals surface area contributed by atoms with E-state index in [1.807, 2.05) is 26.8 Å². The highest BCUT2D eigenvalue weighted by Crippen LogP contribution is 2.25. The van der Waals surface area contributed by atoms with E-state index in [9.17, 15) is 0 Å². The van der Waals surface area contributed by atoms with Gasteiger partial charge in [-0.05, 0) is 42.8 Å². The molecule has 0 saturated carbocycles. The maximum Gasteiger partial charge on any atom is 0.180 e. The van der Waals surface area contributed by atoms with Gasteiger partial charge in [0.05, 0.1) is 10.2 Å². The van der Waals surface area contributed by atoms with E-state index in [4.69, 9.17) is 0 Å². The normalized spacial score (nSPS) is 10.4. The summed E-state index contributed by atoms with van der Waals surface area (Å²) in [5.41, 5.74) is 1.62. The molecular formula is C12H14BrN5. The van der Waals surface area contributed by atoms with Crippen LogP contribution in [0.2, 0.25) is 0 Å². The van der Waals surface area contributed by atoms with Gasteiger partial charge >= 0.3 is 0 Å². The Balaban J connectivity index is 2.51. The molecule has 0 aromatic carbocycles. The summed E-state index contributed by atoms with van der Waals surface area (Å²) in [6.45, 7) is 6.61. The van der Waals surface area contributed by atoms with Crippen molar-refractivity contribution in [1.82, 2.24) is 19.9 Å². The van der Waals surface area contributed by atoms with Crippen molar-refractivity contribution in [1.29, 1.82) is 0 Å². The average Bonchev–Trinajstić information content (AvgIpc) is 2.35. The Kier molecular flexibility index (Phi) is 3.86. The lowest BCUT2D eigenvalue weighted by Crippen LogP contribution is -2.05. The lowest BCUT2D eigenvalue weighted by atomic mass is 10.3. The highest BCUT2D eigenvalue weighted by atomic mass is 79.9. The number of hydrogen-bond acceptors (Lipinski definition) is 5. The van der Waals surface area contributed by atoms with Gasteiger partial charge in [-0.1, -0.05) is 0 Å². The molecule has 0 aliphatic heterocycles. The van der Waals surface area contributed by atoms with E-state index in [1.165, 1.54) is 0 Å². The Morgan fingerprint density at radius 1 is 1.22 bits per heavy atom. The van der Waals surface area contributed by atoms with Crippen LogP contribution in [0.3, 0.4) is 0 Å². The Bertz CT molecular complexity index is 570. The Labute approximate surface area is 114 Å². The van der Waals surface area contributed by atoms with Gasteiger partial charge in [0, 0.05) is 12.7 Å². The summed E-state index contributed by atoms with van der Waals surface area (Å²) in [6, 6.07) is 1.81. The molecule has 0 saturated heterocycles. The van der Waals surface area contributed by atoms with E-state index < -0.39 is 0 Å². The second-order valence-electron chi connectivity index (χ2n) is 3.81.